The number of methoxy groups -OCH3 is 1. The Morgan fingerprint density at radius 3 is 2.95 bits per heavy atom. The van der Waals surface area contributed by atoms with Crippen LogP contribution in [0.15, 0.2) is 29.2 Å². The summed E-state index contributed by atoms with van der Waals surface area (Å²) >= 11 is 0. The van der Waals surface area contributed by atoms with Gasteiger partial charge in [-0.2, -0.15) is 0 Å². The van der Waals surface area contributed by atoms with Crippen molar-refractivity contribution < 1.29 is 4.74 Å². The molecule has 0 spiro atoms. The molecule has 0 aliphatic carbocycles. The van der Waals surface area contributed by atoms with E-state index in [1.807, 2.05) is 13.0 Å². The van der Waals surface area contributed by atoms with Crippen LogP contribution in [0.2, 0.25) is 0 Å². The SMILES string of the molecule is CCc1cc2nn(-c3ccnc(OC)c3)nc2c(=O)[nH]1. The van der Waals surface area contributed by atoms with Crippen molar-refractivity contribution >= 4 is 11.0 Å². The molecule has 0 bridgehead atoms. The van der Waals surface area contributed by atoms with Crippen molar-refractivity contribution in [2.75, 3.05) is 7.11 Å². The molecule has 7 heteroatoms. The van der Waals surface area contributed by atoms with Crippen LogP contribution >= 0.6 is 0 Å². The standard InChI is InChI=1S/C13H13N5O2/c1-3-8-6-10-12(13(19)15-8)17-18(16-10)9-4-5-14-11(7-9)20-2/h4-7H,3H2,1-2H3,(H,15,19). The lowest BCUT2D eigenvalue weighted by atomic mass is 10.3. The minimum Gasteiger partial charge on any atom is -0.481 e. The van der Waals surface area contributed by atoms with E-state index in [9.17, 15) is 4.79 Å². The first-order valence-corrected chi connectivity index (χ1v) is 6.21. The van der Waals surface area contributed by atoms with E-state index in [0.717, 1.165) is 12.1 Å². The molecule has 3 heterocycles. The van der Waals surface area contributed by atoms with E-state index in [-0.39, 0.29) is 5.56 Å². The minimum absolute atomic E-state index is 0.230. The van der Waals surface area contributed by atoms with Crippen molar-refractivity contribution in [3.8, 4) is 11.6 Å². The number of hydrogen-bond donors (Lipinski definition) is 1. The van der Waals surface area contributed by atoms with Crippen molar-refractivity contribution in [1.82, 2.24) is 25.0 Å². The third-order valence-corrected chi connectivity index (χ3v) is 2.98. The molecule has 0 aliphatic rings. The second-order valence-corrected chi connectivity index (χ2v) is 4.26. The van der Waals surface area contributed by atoms with Crippen LogP contribution in [0.1, 0.15) is 12.6 Å². The average molecular weight is 271 g/mol. The van der Waals surface area contributed by atoms with E-state index in [0.29, 0.717) is 22.6 Å². The third-order valence-electron chi connectivity index (χ3n) is 2.98. The van der Waals surface area contributed by atoms with Gasteiger partial charge in [0, 0.05) is 18.0 Å². The zero-order valence-corrected chi connectivity index (χ0v) is 11.1. The largest absolute Gasteiger partial charge is 0.481 e. The summed E-state index contributed by atoms with van der Waals surface area (Å²) in [6, 6.07) is 5.28. The van der Waals surface area contributed by atoms with Crippen molar-refractivity contribution in [2.24, 2.45) is 0 Å². The lowest BCUT2D eigenvalue weighted by Crippen LogP contribution is -2.09. The highest BCUT2D eigenvalue weighted by molar-refractivity contribution is 5.73. The molecule has 3 aromatic rings. The Bertz CT molecular complexity index is 821. The first kappa shape index (κ1) is 12.3. The molecule has 1 N–H and O–H groups in total. The van der Waals surface area contributed by atoms with Gasteiger partial charge in [0.25, 0.3) is 5.56 Å². The van der Waals surface area contributed by atoms with E-state index in [4.69, 9.17) is 4.74 Å². The van der Waals surface area contributed by atoms with Crippen molar-refractivity contribution in [3.63, 3.8) is 0 Å². The van der Waals surface area contributed by atoms with E-state index in [1.165, 1.54) is 11.9 Å². The number of H-pyrrole nitrogens is 1. The van der Waals surface area contributed by atoms with E-state index < -0.39 is 0 Å². The third kappa shape index (κ3) is 2.03. The molecule has 0 radical (unpaired) electrons. The summed E-state index contributed by atoms with van der Waals surface area (Å²) in [7, 11) is 1.54. The Kier molecular flexibility index (Phi) is 2.94. The first-order valence-electron chi connectivity index (χ1n) is 6.21. The highest BCUT2D eigenvalue weighted by Gasteiger charge is 2.10. The number of nitrogens with one attached hydrogen (secondary N) is 1. The molecule has 3 aromatic heterocycles. The summed E-state index contributed by atoms with van der Waals surface area (Å²) in [6.45, 7) is 1.97. The molecule has 102 valence electrons. The van der Waals surface area contributed by atoms with Crippen LogP contribution < -0.4 is 10.3 Å². The summed E-state index contributed by atoms with van der Waals surface area (Å²) in [5.74, 6) is 0.465. The molecule has 0 amide bonds. The number of aromatic amines is 1. The molecule has 3 rings (SSSR count). The summed E-state index contributed by atoms with van der Waals surface area (Å²) in [6.07, 6.45) is 2.34. The van der Waals surface area contributed by atoms with Crippen LogP contribution in [-0.2, 0) is 6.42 Å². The Labute approximate surface area is 114 Å². The van der Waals surface area contributed by atoms with Crippen LogP contribution in [0.25, 0.3) is 16.7 Å². The zero-order chi connectivity index (χ0) is 14.1. The van der Waals surface area contributed by atoms with Crippen molar-refractivity contribution in [3.05, 3.63) is 40.4 Å². The number of nitrogens with zero attached hydrogens (tertiary/aromatic N) is 4. The molecular formula is C13H13N5O2. The topological polar surface area (TPSA) is 85.7 Å². The van der Waals surface area contributed by atoms with Gasteiger partial charge in [0.1, 0.15) is 5.52 Å². The van der Waals surface area contributed by atoms with Gasteiger partial charge in [-0.25, -0.2) is 4.98 Å². The van der Waals surface area contributed by atoms with Crippen LogP contribution in [-0.4, -0.2) is 32.1 Å². The molecule has 20 heavy (non-hydrogen) atoms. The molecule has 0 unspecified atom stereocenters. The number of aromatic nitrogens is 5. The number of hydrogen-bond acceptors (Lipinski definition) is 5. The van der Waals surface area contributed by atoms with E-state index in [2.05, 4.69) is 20.2 Å². The molecule has 7 nitrogen and oxygen atoms in total. The second-order valence-electron chi connectivity index (χ2n) is 4.26. The van der Waals surface area contributed by atoms with E-state index in [1.54, 1.807) is 18.3 Å². The quantitative estimate of drug-likeness (QED) is 0.770. The maximum absolute atomic E-state index is 11.9. The molecule has 0 saturated heterocycles. The van der Waals surface area contributed by atoms with Crippen LogP contribution in [0.4, 0.5) is 0 Å². The first-order chi connectivity index (χ1) is 9.71. The summed E-state index contributed by atoms with van der Waals surface area (Å²) < 4.78 is 5.06. The predicted octanol–water partition coefficient (Wildman–Crippen LogP) is 1.07. The molecule has 0 aliphatic heterocycles. The minimum atomic E-state index is -0.230. The van der Waals surface area contributed by atoms with Gasteiger partial charge >= 0.3 is 0 Å². The number of fused-ring (bicyclic) bond motifs is 1. The monoisotopic (exact) mass is 271 g/mol. The predicted molar refractivity (Wildman–Crippen MR) is 73.2 cm³/mol. The smallest absolute Gasteiger partial charge is 0.278 e. The fourth-order valence-electron chi connectivity index (χ4n) is 1.92. The second kappa shape index (κ2) is 4.76. The van der Waals surface area contributed by atoms with Crippen molar-refractivity contribution in [1.29, 1.82) is 0 Å². The van der Waals surface area contributed by atoms with Gasteiger partial charge in [-0.3, -0.25) is 4.79 Å². The fourth-order valence-corrected chi connectivity index (χ4v) is 1.92. The molecule has 0 aromatic carbocycles. The lowest BCUT2D eigenvalue weighted by Gasteiger charge is -2.01. The van der Waals surface area contributed by atoms with Gasteiger partial charge in [0.15, 0.2) is 5.52 Å². The Balaban J connectivity index is 2.17. The number of aryl methyl sites for hydroxylation is 1. The van der Waals surface area contributed by atoms with E-state index >= 15 is 0 Å². The normalized spacial score (nSPS) is 10.9. The van der Waals surface area contributed by atoms with Crippen LogP contribution in [0.3, 0.4) is 0 Å². The van der Waals surface area contributed by atoms with Crippen LogP contribution in [0, 0.1) is 0 Å². The van der Waals surface area contributed by atoms with Gasteiger partial charge in [-0.1, -0.05) is 6.92 Å². The number of pyridine rings is 2. The maximum atomic E-state index is 11.9. The molecule has 0 saturated carbocycles. The average Bonchev–Trinajstić information content (AvgIpc) is 2.92. The van der Waals surface area contributed by atoms with Crippen LogP contribution in [0.5, 0.6) is 5.88 Å². The van der Waals surface area contributed by atoms with Gasteiger partial charge < -0.3 is 9.72 Å². The van der Waals surface area contributed by atoms with Gasteiger partial charge in [-0.05, 0) is 18.6 Å². The van der Waals surface area contributed by atoms with Gasteiger partial charge in [-0.15, -0.1) is 15.0 Å². The van der Waals surface area contributed by atoms with Gasteiger partial charge in [0.2, 0.25) is 5.88 Å². The fraction of sp³-hybridized carbons (Fsp3) is 0.231. The molecule has 0 atom stereocenters. The molecule has 0 fully saturated rings. The zero-order valence-electron chi connectivity index (χ0n) is 11.1. The highest BCUT2D eigenvalue weighted by atomic mass is 16.5. The Morgan fingerprint density at radius 1 is 1.35 bits per heavy atom. The summed E-state index contributed by atoms with van der Waals surface area (Å²) in [4.78, 5) is 20.1. The molecular weight excluding hydrogens is 258 g/mol. The Hall–Kier alpha value is -2.70. The number of rotatable bonds is 3. The lowest BCUT2D eigenvalue weighted by molar-refractivity contribution is 0.397. The summed E-state index contributed by atoms with van der Waals surface area (Å²) in [5, 5.41) is 8.54. The summed E-state index contributed by atoms with van der Waals surface area (Å²) in [5.41, 5.74) is 2.18. The highest BCUT2D eigenvalue weighted by Crippen LogP contribution is 2.14. The van der Waals surface area contributed by atoms with Crippen molar-refractivity contribution in [2.45, 2.75) is 13.3 Å². The maximum Gasteiger partial charge on any atom is 0.278 e. The number of ether oxygens (including phenoxy) is 1. The Morgan fingerprint density at radius 2 is 2.20 bits per heavy atom. The van der Waals surface area contributed by atoms with Gasteiger partial charge in [0.05, 0.1) is 12.8 Å².